The molecule has 4 heteroatoms. The van der Waals surface area contributed by atoms with Gasteiger partial charge in [-0.1, -0.05) is 19.9 Å². The molecule has 0 aliphatic heterocycles. The summed E-state index contributed by atoms with van der Waals surface area (Å²) in [6.07, 6.45) is 2.18. The van der Waals surface area contributed by atoms with Gasteiger partial charge >= 0.3 is 0 Å². The molecule has 0 aromatic heterocycles. The standard InChI is InChI=1S/C16H24O4/c1-11(2)13(17)8-6-7-12-9-10-14(18-3)16(20-5)15(12)19-4/h9-11H,6-8H2,1-5H3. The molecule has 0 atom stereocenters. The molecule has 0 heterocycles. The molecule has 0 radical (unpaired) electrons. The van der Waals surface area contributed by atoms with Gasteiger partial charge in [0.1, 0.15) is 5.78 Å². The van der Waals surface area contributed by atoms with E-state index in [2.05, 4.69) is 0 Å². The Morgan fingerprint density at radius 2 is 1.70 bits per heavy atom. The highest BCUT2D eigenvalue weighted by atomic mass is 16.5. The number of benzene rings is 1. The monoisotopic (exact) mass is 280 g/mol. The van der Waals surface area contributed by atoms with Gasteiger partial charge in [0.15, 0.2) is 11.5 Å². The maximum atomic E-state index is 11.6. The van der Waals surface area contributed by atoms with Crippen molar-refractivity contribution in [3.8, 4) is 17.2 Å². The highest BCUT2D eigenvalue weighted by Gasteiger charge is 2.16. The minimum absolute atomic E-state index is 0.0994. The first kappa shape index (κ1) is 16.3. The number of hydrogen-bond acceptors (Lipinski definition) is 4. The van der Waals surface area contributed by atoms with E-state index in [-0.39, 0.29) is 5.92 Å². The van der Waals surface area contributed by atoms with E-state index in [1.54, 1.807) is 21.3 Å². The number of ketones is 1. The van der Waals surface area contributed by atoms with E-state index in [0.29, 0.717) is 29.5 Å². The molecule has 0 aliphatic carbocycles. The highest BCUT2D eigenvalue weighted by Crippen LogP contribution is 2.40. The zero-order valence-corrected chi connectivity index (χ0v) is 13.0. The molecule has 4 nitrogen and oxygen atoms in total. The molecule has 0 saturated carbocycles. The minimum atomic E-state index is 0.0994. The number of Topliss-reactive ketones (excluding diaryl/α,β-unsaturated/α-hetero) is 1. The van der Waals surface area contributed by atoms with E-state index < -0.39 is 0 Å². The van der Waals surface area contributed by atoms with Gasteiger partial charge in [-0.05, 0) is 24.5 Å². The van der Waals surface area contributed by atoms with Crippen molar-refractivity contribution in [2.45, 2.75) is 33.1 Å². The first-order valence-electron chi connectivity index (χ1n) is 6.85. The molecule has 1 aromatic rings. The molecule has 1 aromatic carbocycles. The number of carbonyl (C=O) groups excluding carboxylic acids is 1. The lowest BCUT2D eigenvalue weighted by Crippen LogP contribution is -2.07. The fourth-order valence-corrected chi connectivity index (χ4v) is 2.10. The van der Waals surface area contributed by atoms with E-state index in [4.69, 9.17) is 14.2 Å². The zero-order chi connectivity index (χ0) is 15.1. The molecule has 0 N–H and O–H groups in total. The Hall–Kier alpha value is -1.71. The van der Waals surface area contributed by atoms with E-state index in [1.807, 2.05) is 26.0 Å². The summed E-state index contributed by atoms with van der Waals surface area (Å²) in [5.74, 6) is 2.32. The first-order chi connectivity index (χ1) is 9.54. The average Bonchev–Trinajstić information content (AvgIpc) is 2.45. The number of ether oxygens (including phenoxy) is 3. The summed E-state index contributed by atoms with van der Waals surface area (Å²) in [5, 5.41) is 0. The van der Waals surface area contributed by atoms with Crippen molar-refractivity contribution < 1.29 is 19.0 Å². The quantitative estimate of drug-likeness (QED) is 0.733. The molecule has 0 spiro atoms. The van der Waals surface area contributed by atoms with Gasteiger partial charge in [0.05, 0.1) is 21.3 Å². The lowest BCUT2D eigenvalue weighted by molar-refractivity contribution is -0.121. The summed E-state index contributed by atoms with van der Waals surface area (Å²) in [6.45, 7) is 3.86. The van der Waals surface area contributed by atoms with Crippen LogP contribution in [0.3, 0.4) is 0 Å². The van der Waals surface area contributed by atoms with Crippen LogP contribution in [0.4, 0.5) is 0 Å². The van der Waals surface area contributed by atoms with Crippen molar-refractivity contribution in [2.24, 2.45) is 5.92 Å². The van der Waals surface area contributed by atoms with Crippen molar-refractivity contribution >= 4 is 5.78 Å². The Morgan fingerprint density at radius 1 is 1.05 bits per heavy atom. The third-order valence-electron chi connectivity index (χ3n) is 3.30. The second-order valence-corrected chi connectivity index (χ2v) is 4.97. The summed E-state index contributed by atoms with van der Waals surface area (Å²) in [6, 6.07) is 3.82. The van der Waals surface area contributed by atoms with Gasteiger partial charge in [0.2, 0.25) is 5.75 Å². The molecule has 0 unspecified atom stereocenters. The van der Waals surface area contributed by atoms with Crippen LogP contribution >= 0.6 is 0 Å². The van der Waals surface area contributed by atoms with Crippen LogP contribution in [-0.4, -0.2) is 27.1 Å². The van der Waals surface area contributed by atoms with Crippen molar-refractivity contribution in [1.82, 2.24) is 0 Å². The second-order valence-electron chi connectivity index (χ2n) is 4.97. The van der Waals surface area contributed by atoms with Gasteiger partial charge in [-0.15, -0.1) is 0 Å². The largest absolute Gasteiger partial charge is 0.493 e. The minimum Gasteiger partial charge on any atom is -0.493 e. The lowest BCUT2D eigenvalue weighted by Gasteiger charge is -2.15. The summed E-state index contributed by atoms with van der Waals surface area (Å²) >= 11 is 0. The van der Waals surface area contributed by atoms with Gasteiger partial charge in [0.25, 0.3) is 0 Å². The number of rotatable bonds is 8. The Balaban J connectivity index is 2.82. The van der Waals surface area contributed by atoms with Crippen molar-refractivity contribution in [2.75, 3.05) is 21.3 Å². The highest BCUT2D eigenvalue weighted by molar-refractivity contribution is 5.80. The molecule has 0 aliphatic rings. The summed E-state index contributed by atoms with van der Waals surface area (Å²) < 4.78 is 16.0. The Kier molecular flexibility index (Phi) is 6.36. The average molecular weight is 280 g/mol. The zero-order valence-electron chi connectivity index (χ0n) is 13.0. The molecule has 112 valence electrons. The Bertz CT molecular complexity index is 452. The number of hydrogen-bond donors (Lipinski definition) is 0. The molecule has 0 saturated heterocycles. The summed E-state index contributed by atoms with van der Waals surface area (Å²) in [4.78, 5) is 11.6. The third kappa shape index (κ3) is 3.89. The molecule has 20 heavy (non-hydrogen) atoms. The predicted molar refractivity (Wildman–Crippen MR) is 78.9 cm³/mol. The smallest absolute Gasteiger partial charge is 0.203 e. The van der Waals surface area contributed by atoms with Crippen molar-refractivity contribution in [1.29, 1.82) is 0 Å². The van der Waals surface area contributed by atoms with Crippen LogP contribution in [0.15, 0.2) is 12.1 Å². The SMILES string of the molecule is COc1ccc(CCCC(=O)C(C)C)c(OC)c1OC. The Morgan fingerprint density at radius 3 is 2.20 bits per heavy atom. The molecular weight excluding hydrogens is 256 g/mol. The normalized spacial score (nSPS) is 10.5. The van der Waals surface area contributed by atoms with Crippen LogP contribution in [0.5, 0.6) is 17.2 Å². The molecule has 0 fully saturated rings. The van der Waals surface area contributed by atoms with Crippen LogP contribution in [0.2, 0.25) is 0 Å². The summed E-state index contributed by atoms with van der Waals surface area (Å²) in [7, 11) is 4.80. The van der Waals surface area contributed by atoms with E-state index in [0.717, 1.165) is 18.4 Å². The van der Waals surface area contributed by atoms with Gasteiger partial charge in [-0.2, -0.15) is 0 Å². The topological polar surface area (TPSA) is 44.8 Å². The van der Waals surface area contributed by atoms with Crippen LogP contribution in [-0.2, 0) is 11.2 Å². The van der Waals surface area contributed by atoms with E-state index in [9.17, 15) is 4.79 Å². The fourth-order valence-electron chi connectivity index (χ4n) is 2.10. The van der Waals surface area contributed by atoms with Crippen LogP contribution in [0.25, 0.3) is 0 Å². The van der Waals surface area contributed by atoms with Crippen molar-refractivity contribution in [3.05, 3.63) is 17.7 Å². The number of carbonyl (C=O) groups is 1. The molecular formula is C16H24O4. The molecule has 1 rings (SSSR count). The summed E-state index contributed by atoms with van der Waals surface area (Å²) in [5.41, 5.74) is 1.03. The number of aryl methyl sites for hydroxylation is 1. The van der Waals surface area contributed by atoms with Crippen LogP contribution in [0, 0.1) is 5.92 Å². The van der Waals surface area contributed by atoms with Gasteiger partial charge in [-0.25, -0.2) is 0 Å². The second kappa shape index (κ2) is 7.78. The van der Waals surface area contributed by atoms with Gasteiger partial charge in [0, 0.05) is 12.3 Å². The maximum absolute atomic E-state index is 11.6. The maximum Gasteiger partial charge on any atom is 0.203 e. The molecule has 0 amide bonds. The number of methoxy groups -OCH3 is 3. The van der Waals surface area contributed by atoms with Crippen molar-refractivity contribution in [3.63, 3.8) is 0 Å². The van der Waals surface area contributed by atoms with Crippen LogP contribution in [0.1, 0.15) is 32.3 Å². The van der Waals surface area contributed by atoms with E-state index in [1.165, 1.54) is 0 Å². The fraction of sp³-hybridized carbons (Fsp3) is 0.562. The molecule has 0 bridgehead atoms. The van der Waals surface area contributed by atoms with Gasteiger partial charge < -0.3 is 14.2 Å². The Labute approximate surface area is 121 Å². The van der Waals surface area contributed by atoms with Crippen LogP contribution < -0.4 is 14.2 Å². The van der Waals surface area contributed by atoms with Gasteiger partial charge in [-0.3, -0.25) is 4.79 Å². The predicted octanol–water partition coefficient (Wildman–Crippen LogP) is 3.26. The first-order valence-corrected chi connectivity index (χ1v) is 6.85. The lowest BCUT2D eigenvalue weighted by atomic mass is 10.0. The third-order valence-corrected chi connectivity index (χ3v) is 3.30. The van der Waals surface area contributed by atoms with E-state index >= 15 is 0 Å².